The van der Waals surface area contributed by atoms with Crippen molar-refractivity contribution in [3.63, 3.8) is 0 Å². The molecule has 30 heavy (non-hydrogen) atoms. The molecule has 150 valence electrons. The van der Waals surface area contributed by atoms with E-state index in [0.717, 1.165) is 28.7 Å². The van der Waals surface area contributed by atoms with Gasteiger partial charge >= 0.3 is 0 Å². The maximum atomic E-state index is 13.3. The number of nitrogens with zero attached hydrogens (tertiary/aromatic N) is 2. The fourth-order valence-electron chi connectivity index (χ4n) is 2.92. The summed E-state index contributed by atoms with van der Waals surface area (Å²) in [5, 5.41) is 10.3. The first-order chi connectivity index (χ1) is 14.5. The Bertz CT molecular complexity index is 1220. The minimum Gasteiger partial charge on any atom is -0.321 e. The number of carbonyl (C=O) groups is 2. The molecule has 0 aliphatic heterocycles. The maximum absolute atomic E-state index is 13.3. The molecule has 0 spiro atoms. The van der Waals surface area contributed by atoms with Gasteiger partial charge in [-0.3, -0.25) is 9.59 Å². The molecule has 0 bridgehead atoms. The summed E-state index contributed by atoms with van der Waals surface area (Å²) in [6, 6.07) is 16.3. The van der Waals surface area contributed by atoms with Crippen LogP contribution in [0.3, 0.4) is 0 Å². The predicted molar refractivity (Wildman–Crippen MR) is 115 cm³/mol. The number of thiophene rings is 1. The van der Waals surface area contributed by atoms with E-state index in [9.17, 15) is 14.0 Å². The Hall–Kier alpha value is -3.78. The second-order valence-corrected chi connectivity index (χ2v) is 7.59. The van der Waals surface area contributed by atoms with Crippen molar-refractivity contribution in [1.29, 1.82) is 0 Å². The summed E-state index contributed by atoms with van der Waals surface area (Å²) >= 11 is 1.16. The number of halogens is 1. The van der Waals surface area contributed by atoms with Crippen LogP contribution in [-0.2, 0) is 0 Å². The molecule has 0 fully saturated rings. The summed E-state index contributed by atoms with van der Waals surface area (Å²) < 4.78 is 15.0. The van der Waals surface area contributed by atoms with Gasteiger partial charge in [-0.05, 0) is 61.0 Å². The highest BCUT2D eigenvalue weighted by Gasteiger charge is 2.16. The van der Waals surface area contributed by atoms with E-state index in [0.29, 0.717) is 15.6 Å². The van der Waals surface area contributed by atoms with Crippen molar-refractivity contribution in [3.8, 4) is 5.69 Å². The number of nitrogens with one attached hydrogen (secondary N) is 2. The first kappa shape index (κ1) is 19.5. The zero-order valence-electron chi connectivity index (χ0n) is 15.9. The van der Waals surface area contributed by atoms with Gasteiger partial charge in [-0.2, -0.15) is 5.10 Å². The summed E-state index contributed by atoms with van der Waals surface area (Å²) in [6.45, 7) is 1.80. The predicted octanol–water partition coefficient (Wildman–Crippen LogP) is 4.89. The zero-order valence-corrected chi connectivity index (χ0v) is 16.7. The van der Waals surface area contributed by atoms with Gasteiger partial charge in [0.05, 0.1) is 15.6 Å². The monoisotopic (exact) mass is 420 g/mol. The number of rotatable bonds is 5. The normalized spacial score (nSPS) is 10.6. The van der Waals surface area contributed by atoms with Gasteiger partial charge < -0.3 is 10.6 Å². The lowest BCUT2D eigenvalue weighted by Crippen LogP contribution is -2.12. The van der Waals surface area contributed by atoms with E-state index in [2.05, 4.69) is 15.7 Å². The Morgan fingerprint density at radius 3 is 2.60 bits per heavy atom. The summed E-state index contributed by atoms with van der Waals surface area (Å²) in [5.74, 6) is -1.20. The topological polar surface area (TPSA) is 76.0 Å². The van der Waals surface area contributed by atoms with Gasteiger partial charge in [0.2, 0.25) is 0 Å². The van der Waals surface area contributed by atoms with Crippen molar-refractivity contribution in [3.05, 3.63) is 94.9 Å². The van der Waals surface area contributed by atoms with E-state index in [1.165, 1.54) is 18.2 Å². The van der Waals surface area contributed by atoms with E-state index in [4.69, 9.17) is 0 Å². The number of amides is 2. The summed E-state index contributed by atoms with van der Waals surface area (Å²) in [4.78, 5) is 25.6. The second-order valence-electron chi connectivity index (χ2n) is 6.54. The van der Waals surface area contributed by atoms with Crippen molar-refractivity contribution in [2.75, 3.05) is 10.6 Å². The number of aromatic nitrogens is 2. The standard InChI is InChI=1S/C22H17FN4O2S/c1-14-11-19(26-21(28)15-5-2-6-16(23)12-15)30-20(14)22(29)25-17-7-3-8-18(13-17)27-10-4-9-24-27/h2-13H,1H3,(H,25,29)(H,26,28). The minimum absolute atomic E-state index is 0.211. The molecule has 4 aromatic rings. The van der Waals surface area contributed by atoms with E-state index in [1.807, 2.05) is 30.5 Å². The van der Waals surface area contributed by atoms with Crippen LogP contribution in [0.1, 0.15) is 25.6 Å². The van der Waals surface area contributed by atoms with Crippen molar-refractivity contribution in [2.24, 2.45) is 0 Å². The molecule has 2 aromatic heterocycles. The first-order valence-electron chi connectivity index (χ1n) is 9.08. The molecular weight excluding hydrogens is 403 g/mol. The highest BCUT2D eigenvalue weighted by atomic mass is 32.1. The molecule has 2 N–H and O–H groups in total. The quantitative estimate of drug-likeness (QED) is 0.483. The Kier molecular flexibility index (Phi) is 5.40. The Morgan fingerprint density at radius 1 is 1.00 bits per heavy atom. The maximum Gasteiger partial charge on any atom is 0.266 e. The molecule has 0 aliphatic carbocycles. The lowest BCUT2D eigenvalue weighted by molar-refractivity contribution is 0.101. The van der Waals surface area contributed by atoms with Crippen LogP contribution in [0.15, 0.2) is 73.1 Å². The molecule has 6 nitrogen and oxygen atoms in total. The third-order valence-corrected chi connectivity index (χ3v) is 5.47. The van der Waals surface area contributed by atoms with Gasteiger partial charge in [-0.25, -0.2) is 9.07 Å². The Balaban J connectivity index is 1.48. The van der Waals surface area contributed by atoms with Crippen molar-refractivity contribution < 1.29 is 14.0 Å². The number of aryl methyl sites for hydroxylation is 1. The Morgan fingerprint density at radius 2 is 1.83 bits per heavy atom. The van der Waals surface area contributed by atoms with E-state index in [1.54, 1.807) is 29.9 Å². The fourth-order valence-corrected chi connectivity index (χ4v) is 3.88. The van der Waals surface area contributed by atoms with Crippen molar-refractivity contribution in [2.45, 2.75) is 6.92 Å². The minimum atomic E-state index is -0.484. The highest BCUT2D eigenvalue weighted by Crippen LogP contribution is 2.28. The highest BCUT2D eigenvalue weighted by molar-refractivity contribution is 7.18. The van der Waals surface area contributed by atoms with Crippen LogP contribution in [0.2, 0.25) is 0 Å². The van der Waals surface area contributed by atoms with E-state index < -0.39 is 11.7 Å². The number of hydrogen-bond acceptors (Lipinski definition) is 4. The summed E-state index contributed by atoms with van der Waals surface area (Å²) in [7, 11) is 0. The molecule has 4 rings (SSSR count). The molecule has 2 amide bonds. The third kappa shape index (κ3) is 4.28. The molecule has 2 aromatic carbocycles. The molecule has 0 aliphatic rings. The molecule has 0 atom stereocenters. The molecular formula is C22H17FN4O2S. The lowest BCUT2D eigenvalue weighted by atomic mass is 10.2. The van der Waals surface area contributed by atoms with Crippen LogP contribution in [0.25, 0.3) is 5.69 Å². The molecule has 0 saturated heterocycles. The van der Waals surface area contributed by atoms with Crippen LogP contribution in [-0.4, -0.2) is 21.6 Å². The van der Waals surface area contributed by atoms with Crippen LogP contribution in [0, 0.1) is 12.7 Å². The molecule has 8 heteroatoms. The number of carbonyl (C=O) groups excluding carboxylic acids is 2. The zero-order chi connectivity index (χ0) is 21.1. The molecule has 0 saturated carbocycles. The average molecular weight is 420 g/mol. The van der Waals surface area contributed by atoms with Gasteiger partial charge in [0.25, 0.3) is 11.8 Å². The van der Waals surface area contributed by atoms with Gasteiger partial charge in [0, 0.05) is 23.6 Å². The van der Waals surface area contributed by atoms with E-state index >= 15 is 0 Å². The number of benzene rings is 2. The van der Waals surface area contributed by atoms with Gasteiger partial charge in [-0.15, -0.1) is 11.3 Å². The van der Waals surface area contributed by atoms with Gasteiger partial charge in [0.15, 0.2) is 0 Å². The molecule has 0 unspecified atom stereocenters. The first-order valence-corrected chi connectivity index (χ1v) is 9.90. The second kappa shape index (κ2) is 8.30. The average Bonchev–Trinajstić information content (AvgIpc) is 3.38. The van der Waals surface area contributed by atoms with Crippen molar-refractivity contribution in [1.82, 2.24) is 9.78 Å². The largest absolute Gasteiger partial charge is 0.321 e. The van der Waals surface area contributed by atoms with Gasteiger partial charge in [-0.1, -0.05) is 12.1 Å². The summed E-state index contributed by atoms with van der Waals surface area (Å²) in [5.41, 5.74) is 2.40. The third-order valence-electron chi connectivity index (χ3n) is 4.32. The fraction of sp³-hybridized carbons (Fsp3) is 0.0455. The molecule has 0 radical (unpaired) electrons. The van der Waals surface area contributed by atoms with Gasteiger partial charge in [0.1, 0.15) is 5.82 Å². The van der Waals surface area contributed by atoms with Crippen LogP contribution >= 0.6 is 11.3 Å². The number of hydrogen-bond donors (Lipinski definition) is 2. The SMILES string of the molecule is Cc1cc(NC(=O)c2cccc(F)c2)sc1C(=O)Nc1cccc(-n2cccn2)c1. The van der Waals surface area contributed by atoms with Crippen molar-refractivity contribution >= 4 is 33.8 Å². The lowest BCUT2D eigenvalue weighted by Gasteiger charge is -2.07. The Labute approximate surface area is 176 Å². The number of anilines is 2. The van der Waals surface area contributed by atoms with Crippen LogP contribution in [0.5, 0.6) is 0 Å². The van der Waals surface area contributed by atoms with Crippen LogP contribution in [0.4, 0.5) is 15.1 Å². The van der Waals surface area contributed by atoms with Crippen LogP contribution < -0.4 is 10.6 Å². The smallest absolute Gasteiger partial charge is 0.266 e. The molecule has 2 heterocycles. The summed E-state index contributed by atoms with van der Waals surface area (Å²) in [6.07, 6.45) is 3.50. The van der Waals surface area contributed by atoms with E-state index in [-0.39, 0.29) is 11.5 Å².